The van der Waals surface area contributed by atoms with Crippen molar-refractivity contribution in [2.24, 2.45) is 0 Å². The maximum atomic E-state index is 11.7. The standard InChI is InChI=1S/C18H16N4O2/c1-3-21-16(23)8-17-22-15-7-13(12-5-4-6-20-10-12)11(2)14(9-19)18(15)24-17/h4-7,10H,3,8H2,1-2H3,(H,21,23). The van der Waals surface area contributed by atoms with Crippen LogP contribution in [0.15, 0.2) is 35.0 Å². The topological polar surface area (TPSA) is 91.8 Å². The molecule has 0 bridgehead atoms. The first-order chi connectivity index (χ1) is 11.6. The average Bonchev–Trinajstić information content (AvgIpc) is 2.97. The Morgan fingerprint density at radius 3 is 2.96 bits per heavy atom. The number of carbonyl (C=O) groups is 1. The minimum absolute atomic E-state index is 0.0503. The highest BCUT2D eigenvalue weighted by molar-refractivity contribution is 5.89. The van der Waals surface area contributed by atoms with Gasteiger partial charge in [-0.2, -0.15) is 5.26 Å². The first-order valence-corrected chi connectivity index (χ1v) is 7.64. The second-order valence-corrected chi connectivity index (χ2v) is 5.36. The lowest BCUT2D eigenvalue weighted by Crippen LogP contribution is -2.24. The van der Waals surface area contributed by atoms with Crippen molar-refractivity contribution in [3.63, 3.8) is 0 Å². The lowest BCUT2D eigenvalue weighted by molar-refractivity contribution is -0.120. The molecule has 2 heterocycles. The molecule has 3 rings (SSSR count). The van der Waals surface area contributed by atoms with E-state index in [0.29, 0.717) is 29.1 Å². The zero-order valence-electron chi connectivity index (χ0n) is 13.5. The number of nitrogens with one attached hydrogen (secondary N) is 1. The number of nitrogens with zero attached hydrogens (tertiary/aromatic N) is 3. The Bertz CT molecular complexity index is 939. The monoisotopic (exact) mass is 320 g/mol. The summed E-state index contributed by atoms with van der Waals surface area (Å²) in [7, 11) is 0. The van der Waals surface area contributed by atoms with E-state index >= 15 is 0 Å². The number of aromatic nitrogens is 2. The number of fused-ring (bicyclic) bond motifs is 1. The van der Waals surface area contributed by atoms with E-state index in [1.807, 2.05) is 32.0 Å². The summed E-state index contributed by atoms with van der Waals surface area (Å²) in [4.78, 5) is 20.2. The second-order valence-electron chi connectivity index (χ2n) is 5.36. The van der Waals surface area contributed by atoms with Crippen LogP contribution in [0.3, 0.4) is 0 Å². The van der Waals surface area contributed by atoms with Crippen molar-refractivity contribution >= 4 is 17.0 Å². The number of carbonyl (C=O) groups excluding carboxylic acids is 1. The number of amides is 1. The third-order valence-corrected chi connectivity index (χ3v) is 3.75. The van der Waals surface area contributed by atoms with Crippen molar-refractivity contribution in [3.8, 4) is 17.2 Å². The molecule has 24 heavy (non-hydrogen) atoms. The maximum Gasteiger partial charge on any atom is 0.229 e. The molecule has 1 amide bonds. The highest BCUT2D eigenvalue weighted by atomic mass is 16.3. The molecule has 0 radical (unpaired) electrons. The van der Waals surface area contributed by atoms with Crippen LogP contribution in [0.25, 0.3) is 22.2 Å². The fourth-order valence-electron chi connectivity index (χ4n) is 2.63. The van der Waals surface area contributed by atoms with E-state index in [1.165, 1.54) is 0 Å². The number of likely N-dealkylation sites (N-methyl/N-ethyl adjacent to an activating group) is 1. The van der Waals surface area contributed by atoms with Gasteiger partial charge in [0, 0.05) is 24.5 Å². The highest BCUT2D eigenvalue weighted by Gasteiger charge is 2.18. The van der Waals surface area contributed by atoms with Gasteiger partial charge in [-0.15, -0.1) is 0 Å². The third-order valence-electron chi connectivity index (χ3n) is 3.75. The number of pyridine rings is 1. The Balaban J connectivity index is 2.12. The molecular weight excluding hydrogens is 304 g/mol. The largest absolute Gasteiger partial charge is 0.439 e. The number of oxazole rings is 1. The normalized spacial score (nSPS) is 10.5. The van der Waals surface area contributed by atoms with Crippen LogP contribution in [0.2, 0.25) is 0 Å². The quantitative estimate of drug-likeness (QED) is 0.798. The minimum Gasteiger partial charge on any atom is -0.439 e. The van der Waals surface area contributed by atoms with Gasteiger partial charge in [0.15, 0.2) is 5.58 Å². The molecule has 0 aliphatic heterocycles. The van der Waals surface area contributed by atoms with Gasteiger partial charge in [-0.05, 0) is 37.1 Å². The summed E-state index contributed by atoms with van der Waals surface area (Å²) in [5.74, 6) is 0.141. The van der Waals surface area contributed by atoms with Crippen LogP contribution in [-0.2, 0) is 11.2 Å². The van der Waals surface area contributed by atoms with Crippen LogP contribution < -0.4 is 5.32 Å². The number of nitriles is 1. The lowest BCUT2D eigenvalue weighted by Gasteiger charge is -2.07. The summed E-state index contributed by atoms with van der Waals surface area (Å²) in [6.07, 6.45) is 3.49. The summed E-state index contributed by atoms with van der Waals surface area (Å²) < 4.78 is 5.67. The molecule has 0 saturated carbocycles. The van der Waals surface area contributed by atoms with E-state index in [4.69, 9.17) is 4.42 Å². The molecule has 6 heteroatoms. The fourth-order valence-corrected chi connectivity index (χ4v) is 2.63. The molecule has 0 fully saturated rings. The van der Waals surface area contributed by atoms with E-state index in [0.717, 1.165) is 16.7 Å². The van der Waals surface area contributed by atoms with Gasteiger partial charge in [-0.25, -0.2) is 4.98 Å². The van der Waals surface area contributed by atoms with E-state index in [9.17, 15) is 10.1 Å². The summed E-state index contributed by atoms with van der Waals surface area (Å²) >= 11 is 0. The Morgan fingerprint density at radius 1 is 1.46 bits per heavy atom. The predicted octanol–water partition coefficient (Wildman–Crippen LogP) is 2.75. The minimum atomic E-state index is -0.160. The Morgan fingerprint density at radius 2 is 2.29 bits per heavy atom. The Labute approximate surface area is 139 Å². The molecule has 0 atom stereocenters. The first kappa shape index (κ1) is 15.7. The van der Waals surface area contributed by atoms with Gasteiger partial charge in [-0.3, -0.25) is 9.78 Å². The molecule has 1 aromatic carbocycles. The molecule has 0 aliphatic carbocycles. The molecule has 0 saturated heterocycles. The van der Waals surface area contributed by atoms with Crippen molar-refractivity contribution in [1.82, 2.24) is 15.3 Å². The lowest BCUT2D eigenvalue weighted by atomic mass is 9.97. The second kappa shape index (κ2) is 6.50. The van der Waals surface area contributed by atoms with Gasteiger partial charge in [0.2, 0.25) is 11.8 Å². The first-order valence-electron chi connectivity index (χ1n) is 7.64. The Kier molecular flexibility index (Phi) is 4.25. The average molecular weight is 320 g/mol. The summed E-state index contributed by atoms with van der Waals surface area (Å²) in [5, 5.41) is 12.2. The number of rotatable bonds is 4. The van der Waals surface area contributed by atoms with Crippen LogP contribution >= 0.6 is 0 Å². The van der Waals surface area contributed by atoms with Crippen molar-refractivity contribution in [1.29, 1.82) is 5.26 Å². The number of hydrogen-bond acceptors (Lipinski definition) is 5. The fraction of sp³-hybridized carbons (Fsp3) is 0.222. The molecule has 3 aromatic rings. The molecular formula is C18H16N4O2. The van der Waals surface area contributed by atoms with Crippen molar-refractivity contribution in [3.05, 3.63) is 47.6 Å². The SMILES string of the molecule is CCNC(=O)Cc1nc2cc(-c3cccnc3)c(C)c(C#N)c2o1. The predicted molar refractivity (Wildman–Crippen MR) is 89.1 cm³/mol. The van der Waals surface area contributed by atoms with Gasteiger partial charge < -0.3 is 9.73 Å². The van der Waals surface area contributed by atoms with Gasteiger partial charge in [0.25, 0.3) is 0 Å². The number of benzene rings is 1. The van der Waals surface area contributed by atoms with Crippen LogP contribution in [0.1, 0.15) is 23.9 Å². The third kappa shape index (κ3) is 2.84. The maximum absolute atomic E-state index is 11.7. The van der Waals surface area contributed by atoms with Crippen molar-refractivity contribution in [2.75, 3.05) is 6.54 Å². The van der Waals surface area contributed by atoms with Gasteiger partial charge in [-0.1, -0.05) is 6.07 Å². The van der Waals surface area contributed by atoms with Crippen LogP contribution in [-0.4, -0.2) is 22.4 Å². The molecule has 6 nitrogen and oxygen atoms in total. The summed E-state index contributed by atoms with van der Waals surface area (Å²) in [5.41, 5.74) is 4.00. The van der Waals surface area contributed by atoms with Gasteiger partial charge >= 0.3 is 0 Å². The molecule has 0 unspecified atom stereocenters. The molecule has 2 aromatic heterocycles. The van der Waals surface area contributed by atoms with E-state index in [1.54, 1.807) is 12.4 Å². The molecule has 0 aliphatic rings. The van der Waals surface area contributed by atoms with E-state index in [-0.39, 0.29) is 12.3 Å². The Hall–Kier alpha value is -3.20. The zero-order valence-corrected chi connectivity index (χ0v) is 13.5. The molecule has 1 N–H and O–H groups in total. The zero-order chi connectivity index (χ0) is 17.1. The van der Waals surface area contributed by atoms with Gasteiger partial charge in [0.1, 0.15) is 23.6 Å². The smallest absolute Gasteiger partial charge is 0.229 e. The van der Waals surface area contributed by atoms with Gasteiger partial charge in [0.05, 0.1) is 0 Å². The van der Waals surface area contributed by atoms with Crippen LogP contribution in [0.4, 0.5) is 0 Å². The summed E-state index contributed by atoms with van der Waals surface area (Å²) in [6, 6.07) is 7.82. The van der Waals surface area contributed by atoms with Crippen molar-refractivity contribution in [2.45, 2.75) is 20.3 Å². The number of hydrogen-bond donors (Lipinski definition) is 1. The molecule has 0 spiro atoms. The molecule has 120 valence electrons. The van der Waals surface area contributed by atoms with Crippen LogP contribution in [0.5, 0.6) is 0 Å². The summed E-state index contributed by atoms with van der Waals surface area (Å²) in [6.45, 7) is 4.26. The van der Waals surface area contributed by atoms with E-state index in [2.05, 4.69) is 21.4 Å². The van der Waals surface area contributed by atoms with Crippen LogP contribution in [0, 0.1) is 18.3 Å². The highest BCUT2D eigenvalue weighted by Crippen LogP contribution is 2.32. The van der Waals surface area contributed by atoms with E-state index < -0.39 is 0 Å². The van der Waals surface area contributed by atoms with Crippen molar-refractivity contribution < 1.29 is 9.21 Å².